The minimum atomic E-state index is 0. The Labute approximate surface area is 197 Å². The van der Waals surface area contributed by atoms with Crippen LogP contribution in [0.3, 0.4) is 0 Å². The van der Waals surface area contributed by atoms with Crippen molar-refractivity contribution in [3.63, 3.8) is 0 Å². The number of para-hydroxylation sites is 1. The Morgan fingerprint density at radius 1 is 1.17 bits per heavy atom. The van der Waals surface area contributed by atoms with Gasteiger partial charge in [-0.05, 0) is 30.4 Å². The molecular weight excluding hydrogens is 489 g/mol. The van der Waals surface area contributed by atoms with Crippen LogP contribution >= 0.6 is 24.0 Å². The number of ether oxygens (including phenoxy) is 1. The molecule has 2 heterocycles. The number of pyridine rings is 1. The summed E-state index contributed by atoms with van der Waals surface area (Å²) >= 11 is 0. The lowest BCUT2D eigenvalue weighted by Crippen LogP contribution is -2.51. The van der Waals surface area contributed by atoms with Crippen LogP contribution in [-0.2, 0) is 11.2 Å². The molecule has 30 heavy (non-hydrogen) atoms. The Morgan fingerprint density at radius 2 is 1.93 bits per heavy atom. The summed E-state index contributed by atoms with van der Waals surface area (Å²) in [4.78, 5) is 11.5. The van der Waals surface area contributed by atoms with Gasteiger partial charge in [-0.25, -0.2) is 0 Å². The van der Waals surface area contributed by atoms with E-state index in [0.29, 0.717) is 12.0 Å². The second-order valence-corrected chi connectivity index (χ2v) is 8.05. The zero-order valence-electron chi connectivity index (χ0n) is 18.4. The van der Waals surface area contributed by atoms with Gasteiger partial charge in [0.15, 0.2) is 5.96 Å². The summed E-state index contributed by atoms with van der Waals surface area (Å²) in [6.45, 7) is 9.99. The van der Waals surface area contributed by atoms with Gasteiger partial charge >= 0.3 is 0 Å². The van der Waals surface area contributed by atoms with Crippen molar-refractivity contribution in [3.8, 4) is 0 Å². The number of aromatic nitrogens is 1. The van der Waals surface area contributed by atoms with E-state index >= 15 is 0 Å². The molecule has 1 saturated heterocycles. The molecule has 0 saturated carbocycles. The number of fused-ring (bicyclic) bond motifs is 1. The number of benzene rings is 1. The van der Waals surface area contributed by atoms with Crippen LogP contribution in [0, 0.1) is 5.92 Å². The fraction of sp³-hybridized carbons (Fsp3) is 0.565. The molecule has 1 unspecified atom stereocenters. The summed E-state index contributed by atoms with van der Waals surface area (Å²) in [6, 6.07) is 11.0. The zero-order valence-corrected chi connectivity index (χ0v) is 20.8. The lowest BCUT2D eigenvalue weighted by atomic mass is 10.0. The van der Waals surface area contributed by atoms with Gasteiger partial charge in [-0.15, -0.1) is 24.0 Å². The van der Waals surface area contributed by atoms with E-state index < -0.39 is 0 Å². The van der Waals surface area contributed by atoms with Crippen molar-refractivity contribution in [3.05, 3.63) is 42.1 Å². The van der Waals surface area contributed by atoms with Gasteiger partial charge in [-0.3, -0.25) is 14.9 Å². The number of hydrogen-bond acceptors (Lipinski definition) is 4. The second-order valence-electron chi connectivity index (χ2n) is 8.05. The Hall–Kier alpha value is -1.45. The first-order chi connectivity index (χ1) is 14.2. The molecule has 2 N–H and O–H groups in total. The lowest BCUT2D eigenvalue weighted by Gasteiger charge is -2.35. The quantitative estimate of drug-likeness (QED) is 0.315. The van der Waals surface area contributed by atoms with Gasteiger partial charge in [0.2, 0.25) is 0 Å². The highest BCUT2D eigenvalue weighted by molar-refractivity contribution is 14.0. The van der Waals surface area contributed by atoms with E-state index in [2.05, 4.69) is 63.6 Å². The lowest BCUT2D eigenvalue weighted by molar-refractivity contribution is 0.0132. The maximum Gasteiger partial charge on any atom is 0.191 e. The highest BCUT2D eigenvalue weighted by Crippen LogP contribution is 2.16. The van der Waals surface area contributed by atoms with Crippen LogP contribution in [0.15, 0.2) is 41.5 Å². The van der Waals surface area contributed by atoms with Crippen molar-refractivity contribution >= 4 is 40.8 Å². The van der Waals surface area contributed by atoms with Crippen molar-refractivity contribution in [1.29, 1.82) is 0 Å². The molecule has 2 aromatic rings. The molecule has 166 valence electrons. The van der Waals surface area contributed by atoms with Gasteiger partial charge in [-0.2, -0.15) is 0 Å². The summed E-state index contributed by atoms with van der Waals surface area (Å²) in [5, 5.41) is 8.19. The maximum absolute atomic E-state index is 5.52. The second kappa shape index (κ2) is 13.1. The number of guanidine groups is 1. The Kier molecular flexibility index (Phi) is 10.8. The number of nitrogens with one attached hydrogen (secondary N) is 2. The molecule has 0 aliphatic carbocycles. The van der Waals surface area contributed by atoms with E-state index in [0.717, 1.165) is 57.3 Å². The van der Waals surface area contributed by atoms with Crippen LogP contribution in [0.25, 0.3) is 10.9 Å². The van der Waals surface area contributed by atoms with Crippen LogP contribution in [0.2, 0.25) is 0 Å². The third kappa shape index (κ3) is 7.35. The van der Waals surface area contributed by atoms with Crippen LogP contribution in [0.5, 0.6) is 0 Å². The van der Waals surface area contributed by atoms with Crippen molar-refractivity contribution in [2.24, 2.45) is 10.9 Å². The number of aliphatic imine (C=N–C) groups is 1. The number of rotatable bonds is 8. The topological polar surface area (TPSA) is 61.8 Å². The molecule has 7 heteroatoms. The standard InChI is InChI=1S/C23H35N5O.HI/c1-18(2)16-21(28-12-14-29-15-13-28)17-27-23(24-3)26-11-9-20-7-4-6-19-8-5-10-25-22(19)20;/h4-8,10,18,21H,9,11-17H2,1-3H3,(H2,24,26,27);1H. The van der Waals surface area contributed by atoms with E-state index in [-0.39, 0.29) is 24.0 Å². The molecule has 1 fully saturated rings. The third-order valence-corrected chi connectivity index (χ3v) is 5.44. The predicted molar refractivity (Wildman–Crippen MR) is 136 cm³/mol. The molecule has 3 rings (SSSR count). The fourth-order valence-electron chi connectivity index (χ4n) is 3.97. The number of halogens is 1. The maximum atomic E-state index is 5.52. The molecule has 0 amide bonds. The largest absolute Gasteiger partial charge is 0.379 e. The van der Waals surface area contributed by atoms with Crippen molar-refractivity contribution in [2.75, 3.05) is 46.4 Å². The van der Waals surface area contributed by atoms with E-state index in [1.54, 1.807) is 0 Å². The van der Waals surface area contributed by atoms with Crippen molar-refractivity contribution in [1.82, 2.24) is 20.5 Å². The van der Waals surface area contributed by atoms with Crippen LogP contribution in [-0.4, -0.2) is 68.3 Å². The normalized spacial score (nSPS) is 16.3. The Balaban J connectivity index is 0.00000320. The first-order valence-electron chi connectivity index (χ1n) is 10.8. The average molecular weight is 525 g/mol. The van der Waals surface area contributed by atoms with Crippen LogP contribution in [0.1, 0.15) is 25.8 Å². The minimum Gasteiger partial charge on any atom is -0.379 e. The zero-order chi connectivity index (χ0) is 20.5. The molecule has 1 aliphatic heterocycles. The van der Waals surface area contributed by atoms with Crippen molar-refractivity contribution < 1.29 is 4.74 Å². The van der Waals surface area contributed by atoms with E-state index in [4.69, 9.17) is 4.74 Å². The van der Waals surface area contributed by atoms with E-state index in [9.17, 15) is 0 Å². The summed E-state index contributed by atoms with van der Waals surface area (Å²) in [5.74, 6) is 1.53. The first kappa shape index (κ1) is 24.8. The van der Waals surface area contributed by atoms with Crippen molar-refractivity contribution in [2.45, 2.75) is 32.7 Å². The summed E-state index contributed by atoms with van der Waals surface area (Å²) in [6.07, 6.45) is 3.94. The summed E-state index contributed by atoms with van der Waals surface area (Å²) in [5.41, 5.74) is 2.35. The predicted octanol–water partition coefficient (Wildman–Crippen LogP) is 3.31. The fourth-order valence-corrected chi connectivity index (χ4v) is 3.97. The monoisotopic (exact) mass is 525 g/mol. The van der Waals surface area contributed by atoms with E-state index in [1.165, 1.54) is 17.4 Å². The highest BCUT2D eigenvalue weighted by Gasteiger charge is 2.22. The van der Waals surface area contributed by atoms with Crippen LogP contribution in [0.4, 0.5) is 0 Å². The van der Waals surface area contributed by atoms with E-state index in [1.807, 2.05) is 19.3 Å². The molecule has 0 radical (unpaired) electrons. The summed E-state index contributed by atoms with van der Waals surface area (Å²) < 4.78 is 5.52. The number of nitrogens with zero attached hydrogens (tertiary/aromatic N) is 3. The molecule has 1 atom stereocenters. The molecule has 0 bridgehead atoms. The summed E-state index contributed by atoms with van der Waals surface area (Å²) in [7, 11) is 1.83. The highest BCUT2D eigenvalue weighted by atomic mass is 127. The SMILES string of the molecule is CN=C(NCCc1cccc2cccnc12)NCC(CC(C)C)N1CCOCC1.I. The number of morpholine rings is 1. The molecule has 6 nitrogen and oxygen atoms in total. The molecule has 1 aliphatic rings. The molecular formula is C23H36IN5O. The Morgan fingerprint density at radius 3 is 2.67 bits per heavy atom. The van der Waals surface area contributed by atoms with Gasteiger partial charge in [-0.1, -0.05) is 38.1 Å². The van der Waals surface area contributed by atoms with Gasteiger partial charge < -0.3 is 15.4 Å². The van der Waals surface area contributed by atoms with Gasteiger partial charge in [0, 0.05) is 50.9 Å². The van der Waals surface area contributed by atoms with Gasteiger partial charge in [0.05, 0.1) is 18.7 Å². The number of hydrogen-bond donors (Lipinski definition) is 2. The van der Waals surface area contributed by atoms with Crippen LogP contribution < -0.4 is 10.6 Å². The molecule has 1 aromatic heterocycles. The van der Waals surface area contributed by atoms with Gasteiger partial charge in [0.1, 0.15) is 0 Å². The average Bonchev–Trinajstić information content (AvgIpc) is 2.75. The minimum absolute atomic E-state index is 0. The Bertz CT molecular complexity index is 787. The first-order valence-corrected chi connectivity index (χ1v) is 10.8. The third-order valence-electron chi connectivity index (χ3n) is 5.44. The van der Waals surface area contributed by atoms with Gasteiger partial charge in [0.25, 0.3) is 0 Å². The molecule has 1 aromatic carbocycles. The molecule has 0 spiro atoms. The smallest absolute Gasteiger partial charge is 0.191 e.